The number of hydrogen-bond donors (Lipinski definition) is 11. The van der Waals surface area contributed by atoms with Gasteiger partial charge in [0.2, 0.25) is 0 Å². The van der Waals surface area contributed by atoms with Crippen LogP contribution in [0.25, 0.3) is 0 Å². The summed E-state index contributed by atoms with van der Waals surface area (Å²) in [6.45, 7) is -15.3. The monoisotopic (exact) mass is 1720 g/mol. The van der Waals surface area contributed by atoms with Crippen molar-refractivity contribution in [2.45, 2.75) is 0 Å². The largest absolute Gasteiger partial charge is 0.480 e. The molecule has 0 aromatic carbocycles. The molecule has 6 radical (unpaired) electrons. The zero-order valence-corrected chi connectivity index (χ0v) is 61.8. The minimum absolute atomic E-state index is 0. The third-order valence-corrected chi connectivity index (χ3v) is 22.3. The topological polar surface area (TPSA) is 622 Å². The molecule has 42 nitrogen and oxygen atoms in total. The summed E-state index contributed by atoms with van der Waals surface area (Å²) >= 11 is 0. The van der Waals surface area contributed by atoms with Crippen molar-refractivity contribution in [2.24, 2.45) is 27.1 Å². The second-order valence-electron chi connectivity index (χ2n) is 11.7. The van der Waals surface area contributed by atoms with Crippen molar-refractivity contribution >= 4 is 118 Å². The predicted molar refractivity (Wildman–Crippen MR) is 224 cm³/mol. The zero-order valence-electron chi connectivity index (χ0n) is 39.4. The Morgan fingerprint density at radius 3 is 0.430 bits per heavy atom. The Labute approximate surface area is 591 Å². The average molecular weight is 1720 g/mol. The summed E-state index contributed by atoms with van der Waals surface area (Å²) < 4.78 is 87.4. The predicted octanol–water partition coefficient (Wildman–Crippen LogP) is 0.965. The van der Waals surface area contributed by atoms with E-state index < -0.39 is 197 Å². The molecule has 1 unspecified atom stereocenters. The van der Waals surface area contributed by atoms with E-state index in [-0.39, 0.29) is 196 Å². The first-order valence-electron chi connectivity index (χ1n) is 17.8. The molecule has 0 spiro atoms. The molecule has 2 heterocycles. The van der Waals surface area contributed by atoms with E-state index in [9.17, 15) is 57.5 Å². The summed E-state index contributed by atoms with van der Waals surface area (Å²) in [7, 11) is -27.5. The first kappa shape index (κ1) is 91.3. The molecule has 2 aliphatic heterocycles. The van der Waals surface area contributed by atoms with Crippen LogP contribution < -0.4 is 0 Å². The van der Waals surface area contributed by atoms with Crippen LogP contribution in [0.15, 0.2) is 27.1 Å². The van der Waals surface area contributed by atoms with Crippen LogP contribution in [0, 0.1) is 0 Å². The van der Waals surface area contributed by atoms with Gasteiger partial charge in [-0.05, 0) is 0 Å². The maximum atomic E-state index is 11.7. The quantitative estimate of drug-likeness (QED) is 0.0307. The molecule has 0 saturated carbocycles. The van der Waals surface area contributed by atoms with Gasteiger partial charge in [0.25, 0.3) is 0 Å². The van der Waals surface area contributed by atoms with E-state index in [0.29, 0.717) is 0 Å². The molecular weight excluding hydrogens is 1680 g/mol. The SMILES string of the molecule is COC(=O)COP1(OCC(=O)O)=NP(OCC(=O)O)(OCC(=O)O)=NP(OCC(=O)O)(OCC(=O)O)=N1.O=C(O)COP1(OCC(=O)O)=NP(OCC(=O)O)(OCC(=O)O)=NP(OCC(=O)O)(OCC(=O)O)=N1.[Y].[Y].[Y].[Y].[Y].[Y]. The van der Waals surface area contributed by atoms with Crippen LogP contribution in [0.4, 0.5) is 0 Å². The van der Waals surface area contributed by atoms with Gasteiger partial charge < -0.3 is 60.9 Å². The van der Waals surface area contributed by atoms with Crippen LogP contribution >= 0.6 is 46.0 Å². The Morgan fingerprint density at radius 2 is 0.342 bits per heavy atom. The molecule has 1 atom stereocenters. The fourth-order valence-corrected chi connectivity index (χ4v) is 21.9. The molecule has 0 aliphatic carbocycles. The number of carbonyl (C=O) groups is 12. The molecule has 11 N–H and O–H groups in total. The zero-order chi connectivity index (χ0) is 55.8. The summed E-state index contributed by atoms with van der Waals surface area (Å²) in [5.74, 6) is -19.6. The molecule has 0 bridgehead atoms. The number of rotatable bonds is 36. The maximum absolute atomic E-state index is 11.7. The number of aliphatic carboxylic acids is 11. The third kappa shape index (κ3) is 38.1. The fraction of sp³-hybridized carbons (Fsp3) is 0.520. The van der Waals surface area contributed by atoms with Gasteiger partial charge >= 0.3 is 118 Å². The third-order valence-electron chi connectivity index (χ3n) is 5.85. The van der Waals surface area contributed by atoms with E-state index in [1.165, 1.54) is 0 Å². The van der Waals surface area contributed by atoms with Crippen LogP contribution in [0.2, 0.25) is 0 Å². The standard InChI is InChI=1S/C13H20N3O18P3.C12H18N3O18P3.6Y/c1-28-13(27)7-34-37(33-6-12(25)26)15-35(29-2-8(17)18,30-3-9(19)20)14-36(16-37,31-4-10(21)22)32-5-11(23)24;16-7(17)1-28-34(29-2-8(18)19)13-35(30-3-9(20)21,31-4-10(22)23)15-36(14-34,32-5-11(24)25)33-6-12(26)27;;;;;;/h2-7H2,1H3,(H,17,18)(H,19,20)(H,21,22)(H,23,24)(H,25,26);1-6H2,(H,16,17)(H,18,19)(H,20,21)(H,22,23)(H,24,25)(H,26,27);;;;;;. The van der Waals surface area contributed by atoms with E-state index in [1.54, 1.807) is 0 Å². The fourth-order valence-electron chi connectivity index (χ4n) is 3.54. The van der Waals surface area contributed by atoms with Crippen LogP contribution in [-0.4, -0.2) is 214 Å². The number of nitrogens with zero attached hydrogens (tertiary/aromatic N) is 6. The Kier molecular flexibility index (Phi) is 51.5. The molecule has 0 amide bonds. The van der Waals surface area contributed by atoms with Crippen LogP contribution in [0.1, 0.15) is 0 Å². The minimum atomic E-state index is -4.76. The Hall–Kier alpha value is 1.16. The number of methoxy groups -OCH3 is 1. The molecule has 0 fully saturated rings. The number of ether oxygens (including phenoxy) is 1. The number of esters is 1. The summed E-state index contributed by atoms with van der Waals surface area (Å²) in [4.78, 5) is 134. The van der Waals surface area contributed by atoms with Crippen molar-refractivity contribution < 1.29 is 369 Å². The molecule has 432 valence electrons. The Balaban J connectivity index is -0.000000314. The number of carbonyl (C=O) groups excluding carboxylic acids is 1. The van der Waals surface area contributed by atoms with E-state index in [1.807, 2.05) is 0 Å². The van der Waals surface area contributed by atoms with Crippen molar-refractivity contribution in [3.8, 4) is 0 Å². The summed E-state index contributed by atoms with van der Waals surface area (Å²) in [5.41, 5.74) is 0. The maximum Gasteiger partial charge on any atom is 0.350 e. The van der Waals surface area contributed by atoms with Crippen molar-refractivity contribution in [2.75, 3.05) is 86.4 Å². The number of carboxylic acid groups (broad SMARTS) is 11. The van der Waals surface area contributed by atoms with Gasteiger partial charge in [-0.3, -0.25) is 54.3 Å². The molecule has 2 rings (SSSR count). The van der Waals surface area contributed by atoms with Gasteiger partial charge in [-0.25, -0.2) is 57.5 Å². The van der Waals surface area contributed by atoms with Gasteiger partial charge in [-0.1, -0.05) is 0 Å². The first-order chi connectivity index (χ1) is 33.8. The summed E-state index contributed by atoms with van der Waals surface area (Å²) in [6.07, 6.45) is 0. The van der Waals surface area contributed by atoms with Gasteiger partial charge in [-0.2, -0.15) is 0 Å². The van der Waals surface area contributed by atoms with Gasteiger partial charge in [0.1, 0.15) is 0 Å². The average Bonchev–Trinajstić information content (AvgIpc) is 3.29. The van der Waals surface area contributed by atoms with Crippen molar-refractivity contribution in [1.29, 1.82) is 0 Å². The van der Waals surface area contributed by atoms with E-state index in [2.05, 4.69) is 31.8 Å². The van der Waals surface area contributed by atoms with Gasteiger partial charge in [-0.15, -0.1) is 27.1 Å². The molecule has 2 aliphatic rings. The molecule has 79 heavy (non-hydrogen) atoms. The molecule has 0 saturated heterocycles. The van der Waals surface area contributed by atoms with Crippen molar-refractivity contribution in [3.63, 3.8) is 0 Å². The van der Waals surface area contributed by atoms with Crippen molar-refractivity contribution in [3.05, 3.63) is 0 Å². The smallest absolute Gasteiger partial charge is 0.350 e. The van der Waals surface area contributed by atoms with Crippen LogP contribution in [-0.2, 0) is 313 Å². The minimum Gasteiger partial charge on any atom is -0.480 e. The summed E-state index contributed by atoms with van der Waals surface area (Å²) in [6, 6.07) is 0. The van der Waals surface area contributed by atoms with Gasteiger partial charge in [0.05, 0.1) is 7.11 Å². The van der Waals surface area contributed by atoms with Gasteiger partial charge in [0, 0.05) is 196 Å². The molecular formula is C25H38N6O36P6Y6. The molecule has 54 heteroatoms. The number of hydrogen-bond acceptors (Lipinski definition) is 31. The first-order valence-corrected chi connectivity index (χ1v) is 27.0. The second-order valence-corrected chi connectivity index (χ2v) is 24.9. The normalized spacial score (nSPS) is 16.8. The van der Waals surface area contributed by atoms with Crippen molar-refractivity contribution in [1.82, 2.24) is 0 Å². The summed E-state index contributed by atoms with van der Waals surface area (Å²) in [5, 5.41) is 99.2. The van der Waals surface area contributed by atoms with E-state index in [0.717, 1.165) is 7.11 Å². The number of carboxylic acids is 11. The molecule has 0 aromatic heterocycles. The van der Waals surface area contributed by atoms with Gasteiger partial charge in [0.15, 0.2) is 79.3 Å². The molecule has 0 aromatic rings. The van der Waals surface area contributed by atoms with E-state index >= 15 is 0 Å². The second kappa shape index (κ2) is 44.6. The Morgan fingerprint density at radius 1 is 0.241 bits per heavy atom. The van der Waals surface area contributed by atoms with Crippen LogP contribution in [0.3, 0.4) is 0 Å². The Bertz CT molecular complexity index is 2260. The van der Waals surface area contributed by atoms with Crippen LogP contribution in [0.5, 0.6) is 0 Å². The van der Waals surface area contributed by atoms with E-state index in [4.69, 9.17) is 110 Å².